The van der Waals surface area contributed by atoms with E-state index in [-0.39, 0.29) is 12.4 Å². The lowest BCUT2D eigenvalue weighted by Crippen LogP contribution is -1.88. The lowest BCUT2D eigenvalue weighted by atomic mass is 10.9. The number of rotatable bonds is 2. The van der Waals surface area contributed by atoms with Crippen molar-refractivity contribution >= 4 is 0 Å². The first-order valence-electron chi connectivity index (χ1n) is 1.58. The molecule has 0 aliphatic rings. The quantitative estimate of drug-likeness (QED) is 0.377. The van der Waals surface area contributed by atoms with Crippen LogP contribution >= 0.6 is 0 Å². The Balaban J connectivity index is 3.67. The Morgan fingerprint density at radius 2 is 1.25 bits per heavy atom. The van der Waals surface area contributed by atoms with Gasteiger partial charge in [-0.15, -0.1) is 0 Å². The molecule has 44 valence electrons. The minimum atomic E-state index is -0.900. The van der Waals surface area contributed by atoms with Crippen molar-refractivity contribution < 1.29 is 9.85 Å². The van der Waals surface area contributed by atoms with Crippen LogP contribution in [0.4, 0.5) is 0 Å². The molecule has 0 saturated carbocycles. The van der Waals surface area contributed by atoms with E-state index in [1.807, 2.05) is 0 Å². The van der Waals surface area contributed by atoms with Gasteiger partial charge >= 0.3 is 12.4 Å². The summed E-state index contributed by atoms with van der Waals surface area (Å²) in [4.78, 5) is 16.8. The molecule has 6 nitrogen and oxygen atoms in total. The van der Waals surface area contributed by atoms with Gasteiger partial charge in [0.25, 0.3) is 0 Å². The first-order chi connectivity index (χ1) is 3.63. The maximum Gasteiger partial charge on any atom is 0.303 e. The van der Waals surface area contributed by atoms with Crippen LogP contribution in [0.3, 0.4) is 0 Å². The Morgan fingerprint density at radius 1 is 1.00 bits per heavy atom. The molecule has 0 bridgehead atoms. The van der Waals surface area contributed by atoms with Crippen LogP contribution < -0.4 is 0 Å². The third kappa shape index (κ3) is 4.54. The van der Waals surface area contributed by atoms with Crippen molar-refractivity contribution in [2.24, 2.45) is 0 Å². The van der Waals surface area contributed by atoms with Crippen LogP contribution in [-0.4, -0.2) is 9.85 Å². The van der Waals surface area contributed by atoms with Gasteiger partial charge in [0.1, 0.15) is 0 Å². The van der Waals surface area contributed by atoms with E-state index in [0.29, 0.717) is 0 Å². The Morgan fingerprint density at radius 3 is 1.38 bits per heavy atom. The molecule has 0 fully saturated rings. The lowest BCUT2D eigenvalue weighted by Gasteiger charge is -1.72. The Bertz CT molecular complexity index is 123. The van der Waals surface area contributed by atoms with Gasteiger partial charge in [0.15, 0.2) is 0 Å². The van der Waals surface area contributed by atoms with E-state index in [2.05, 4.69) is 0 Å². The molecule has 0 aliphatic heterocycles. The van der Waals surface area contributed by atoms with Gasteiger partial charge in [-0.1, -0.05) is 0 Å². The van der Waals surface area contributed by atoms with Gasteiger partial charge in [-0.25, -0.2) is 0 Å². The minimum Gasteiger partial charge on any atom is -0.259 e. The Kier molecular flexibility index (Phi) is 2.18. The first-order valence-corrected chi connectivity index (χ1v) is 1.58. The number of nitro groups is 2. The molecule has 0 aromatic heterocycles. The highest BCUT2D eigenvalue weighted by Gasteiger charge is 1.90. The summed E-state index contributed by atoms with van der Waals surface area (Å²) in [6.07, 6.45) is 0.528. The molecule has 8 heavy (non-hydrogen) atoms. The van der Waals surface area contributed by atoms with E-state index in [9.17, 15) is 20.2 Å². The van der Waals surface area contributed by atoms with E-state index in [4.69, 9.17) is 0 Å². The van der Waals surface area contributed by atoms with Crippen molar-refractivity contribution in [2.75, 3.05) is 0 Å². The third-order valence-corrected chi connectivity index (χ3v) is 0.310. The molecule has 0 amide bonds. The molecular weight excluding hydrogens is 116 g/mol. The summed E-state index contributed by atoms with van der Waals surface area (Å²) in [5.74, 6) is 0. The van der Waals surface area contributed by atoms with Crippen LogP contribution in [0.25, 0.3) is 0 Å². The zero-order valence-corrected chi connectivity index (χ0v) is 3.68. The molecule has 0 atom stereocenters. The van der Waals surface area contributed by atoms with Crippen molar-refractivity contribution in [3.8, 4) is 0 Å². The van der Waals surface area contributed by atoms with E-state index in [1.165, 1.54) is 0 Å². The normalized spacial score (nSPS) is 9.50. The van der Waals surface area contributed by atoms with Crippen molar-refractivity contribution in [2.45, 2.75) is 0 Å². The molecule has 0 spiro atoms. The van der Waals surface area contributed by atoms with Gasteiger partial charge in [0.05, 0.1) is 9.85 Å². The molecule has 0 N–H and O–H groups in total. The van der Waals surface area contributed by atoms with Gasteiger partial charge in [0.2, 0.25) is 0 Å². The van der Waals surface area contributed by atoms with Crippen molar-refractivity contribution in [3.05, 3.63) is 32.6 Å². The molecular formula is C2H2N2O4. The summed E-state index contributed by atoms with van der Waals surface area (Å²) in [7, 11) is 0. The molecule has 6 heteroatoms. The molecule has 0 saturated heterocycles. The summed E-state index contributed by atoms with van der Waals surface area (Å²) in [6.45, 7) is 0. The number of hydrogen-bond acceptors (Lipinski definition) is 4. The van der Waals surface area contributed by atoms with Crippen molar-refractivity contribution in [3.63, 3.8) is 0 Å². The molecule has 0 heterocycles. The van der Waals surface area contributed by atoms with Gasteiger partial charge in [-0.05, 0) is 0 Å². The summed E-state index contributed by atoms with van der Waals surface area (Å²) in [5.41, 5.74) is 0. The summed E-state index contributed by atoms with van der Waals surface area (Å²) < 4.78 is 0. The van der Waals surface area contributed by atoms with Crippen LogP contribution in [0.1, 0.15) is 0 Å². The Labute approximate surface area is 43.7 Å². The van der Waals surface area contributed by atoms with Crippen molar-refractivity contribution in [1.29, 1.82) is 0 Å². The second-order valence-corrected chi connectivity index (χ2v) is 0.869. The van der Waals surface area contributed by atoms with Crippen LogP contribution in [0.15, 0.2) is 12.4 Å². The maximum absolute atomic E-state index is 9.32. The van der Waals surface area contributed by atoms with E-state index < -0.39 is 9.85 Å². The smallest absolute Gasteiger partial charge is 0.259 e. The van der Waals surface area contributed by atoms with Gasteiger partial charge in [-0.3, -0.25) is 20.2 Å². The zero-order valence-electron chi connectivity index (χ0n) is 3.68. The molecule has 0 radical (unpaired) electrons. The van der Waals surface area contributed by atoms with Crippen LogP contribution in [0, 0.1) is 20.2 Å². The third-order valence-electron chi connectivity index (χ3n) is 0.310. The topological polar surface area (TPSA) is 86.3 Å². The van der Waals surface area contributed by atoms with Crippen molar-refractivity contribution in [1.82, 2.24) is 0 Å². The zero-order chi connectivity index (χ0) is 6.57. The highest BCUT2D eigenvalue weighted by atomic mass is 16.6. The monoisotopic (exact) mass is 118 g/mol. The van der Waals surface area contributed by atoms with Gasteiger partial charge in [-0.2, -0.15) is 0 Å². The van der Waals surface area contributed by atoms with Gasteiger partial charge < -0.3 is 0 Å². The average molecular weight is 118 g/mol. The van der Waals surface area contributed by atoms with E-state index in [0.717, 1.165) is 0 Å². The minimum absolute atomic E-state index is 0.264. The molecule has 0 rings (SSSR count). The maximum atomic E-state index is 9.32. The number of hydrogen-bond donors (Lipinski definition) is 0. The van der Waals surface area contributed by atoms with E-state index >= 15 is 0 Å². The predicted molar refractivity (Wildman–Crippen MR) is 23.1 cm³/mol. The van der Waals surface area contributed by atoms with Gasteiger partial charge in [0, 0.05) is 0 Å². The van der Waals surface area contributed by atoms with Crippen LogP contribution in [-0.2, 0) is 0 Å². The van der Waals surface area contributed by atoms with E-state index in [1.54, 1.807) is 0 Å². The summed E-state index contributed by atoms with van der Waals surface area (Å²) in [6, 6.07) is 0. The first kappa shape index (κ1) is 6.54. The summed E-state index contributed by atoms with van der Waals surface area (Å²) in [5, 5.41) is 18.6. The molecule has 0 unspecified atom stereocenters. The fourth-order valence-corrected chi connectivity index (χ4v) is 0.109. The largest absolute Gasteiger partial charge is 0.303 e. The summed E-state index contributed by atoms with van der Waals surface area (Å²) >= 11 is 0. The lowest BCUT2D eigenvalue weighted by molar-refractivity contribution is -0.441. The fraction of sp³-hybridized carbons (Fsp3) is 0. The number of nitrogens with zero attached hydrogens (tertiary/aromatic N) is 2. The highest BCUT2D eigenvalue weighted by molar-refractivity contribution is 4.55. The predicted octanol–water partition coefficient (Wildman–Crippen LogP) is 0.0110. The molecule has 0 aromatic rings. The Hall–Kier alpha value is -1.46. The molecule has 0 aromatic carbocycles. The molecule has 0 aliphatic carbocycles. The second-order valence-electron chi connectivity index (χ2n) is 0.869. The standard InChI is InChI=1S/C2H2N2O4/c5-3(6)1-2-4(7)8/h1-2H/b2-1+. The fourth-order valence-electron chi connectivity index (χ4n) is 0.109. The SMILES string of the molecule is O=[N+]([O-])/C=C/[N+](=O)[O-]. The average Bonchev–Trinajstić information content (AvgIpc) is 1.61. The highest BCUT2D eigenvalue weighted by Crippen LogP contribution is 1.72. The van der Waals surface area contributed by atoms with Crippen LogP contribution in [0.2, 0.25) is 0 Å². The second kappa shape index (κ2) is 2.67. The van der Waals surface area contributed by atoms with Crippen LogP contribution in [0.5, 0.6) is 0 Å².